The second-order valence-electron chi connectivity index (χ2n) is 3.36. The van der Waals surface area contributed by atoms with E-state index < -0.39 is 10.1 Å². The maximum atomic E-state index is 9.19. The Kier molecular flexibility index (Phi) is 3.66. The van der Waals surface area contributed by atoms with E-state index in [2.05, 4.69) is 24.3 Å². The first-order valence-electron chi connectivity index (χ1n) is 4.46. The number of benzene rings is 1. The van der Waals surface area contributed by atoms with Gasteiger partial charge in [-0.25, -0.2) is 0 Å². The van der Waals surface area contributed by atoms with E-state index in [1.807, 2.05) is 0 Å². The van der Waals surface area contributed by atoms with Crippen molar-refractivity contribution in [2.24, 2.45) is 0 Å². The first-order valence-corrected chi connectivity index (χ1v) is 6.31. The van der Waals surface area contributed by atoms with Gasteiger partial charge in [-0.15, -0.1) is 0 Å². The van der Waals surface area contributed by atoms with Crippen LogP contribution < -0.4 is 0 Å². The Bertz CT molecular complexity index is 365. The number of aryl methyl sites for hydroxylation is 2. The molecule has 14 heavy (non-hydrogen) atoms. The number of hydrogen-bond donors (Lipinski definition) is 1. The third-order valence-electron chi connectivity index (χ3n) is 2.01. The molecule has 0 bridgehead atoms. The summed E-state index contributed by atoms with van der Waals surface area (Å²) in [5.74, 6) is 0. The Labute approximate surface area is 84.5 Å². The van der Waals surface area contributed by atoms with Crippen molar-refractivity contribution in [1.82, 2.24) is 0 Å². The summed E-state index contributed by atoms with van der Waals surface area (Å²) in [6, 6.07) is 8.74. The van der Waals surface area contributed by atoms with Gasteiger partial charge in [-0.05, 0) is 30.4 Å². The van der Waals surface area contributed by atoms with E-state index in [9.17, 15) is 8.42 Å². The zero-order chi connectivity index (χ0) is 10.6. The zero-order valence-corrected chi connectivity index (χ0v) is 8.92. The summed E-state index contributed by atoms with van der Waals surface area (Å²) in [5.41, 5.74) is 3.13. The lowest BCUT2D eigenvalue weighted by atomic mass is 10.1. The molecule has 0 unspecified atom stereocenters. The number of rotatable bonds is 0. The number of hydrogen-bond acceptors (Lipinski definition) is 2. The summed E-state index contributed by atoms with van der Waals surface area (Å²) in [6.07, 6.45) is 4.68. The topological polar surface area (TPSA) is 54.4 Å². The van der Waals surface area contributed by atoms with Gasteiger partial charge in [0.15, 0.2) is 0 Å². The second kappa shape index (κ2) is 4.57. The Morgan fingerprint density at radius 2 is 1.50 bits per heavy atom. The summed E-state index contributed by atoms with van der Waals surface area (Å²) >= 11 is 0. The molecular weight excluding hydrogens is 200 g/mol. The lowest BCUT2D eigenvalue weighted by Gasteiger charge is -1.93. The van der Waals surface area contributed by atoms with Crippen molar-refractivity contribution in [2.75, 3.05) is 6.26 Å². The molecule has 0 saturated heterocycles. The average molecular weight is 214 g/mol. The van der Waals surface area contributed by atoms with E-state index in [1.54, 1.807) is 11.1 Å². The van der Waals surface area contributed by atoms with Gasteiger partial charge < -0.3 is 0 Å². The summed E-state index contributed by atoms with van der Waals surface area (Å²) in [6.45, 7) is 0. The highest BCUT2D eigenvalue weighted by atomic mass is 32.2. The van der Waals surface area contributed by atoms with Gasteiger partial charge >= 0.3 is 0 Å². The summed E-state index contributed by atoms with van der Waals surface area (Å²) in [7, 11) is -3.67. The fourth-order valence-corrected chi connectivity index (χ4v) is 1.51. The molecule has 1 aromatic rings. The molecule has 1 aliphatic carbocycles. The van der Waals surface area contributed by atoms with E-state index in [-0.39, 0.29) is 0 Å². The van der Waals surface area contributed by atoms with Crippen LogP contribution >= 0.6 is 0 Å². The van der Waals surface area contributed by atoms with Crippen LogP contribution in [0.2, 0.25) is 0 Å². The fourth-order valence-electron chi connectivity index (χ4n) is 1.51. The monoisotopic (exact) mass is 214 g/mol. The molecule has 78 valence electrons. The van der Waals surface area contributed by atoms with Crippen molar-refractivity contribution >= 4 is 10.1 Å². The predicted octanol–water partition coefficient (Wildman–Crippen LogP) is 1.68. The molecule has 0 radical (unpaired) electrons. The van der Waals surface area contributed by atoms with Crippen LogP contribution in [-0.4, -0.2) is 19.2 Å². The van der Waals surface area contributed by atoms with Crippen molar-refractivity contribution in [3.63, 3.8) is 0 Å². The molecule has 1 N–H and O–H groups in total. The van der Waals surface area contributed by atoms with Gasteiger partial charge in [0.25, 0.3) is 10.1 Å². The van der Waals surface area contributed by atoms with Crippen LogP contribution in [-0.2, 0) is 23.0 Å². The van der Waals surface area contributed by atoms with Gasteiger partial charge in [0.2, 0.25) is 0 Å². The largest absolute Gasteiger partial charge is 0.286 e. The maximum Gasteiger partial charge on any atom is 0.261 e. The van der Waals surface area contributed by atoms with Crippen molar-refractivity contribution in [3.8, 4) is 0 Å². The second-order valence-corrected chi connectivity index (χ2v) is 4.82. The molecule has 4 heteroatoms. The van der Waals surface area contributed by atoms with Gasteiger partial charge in [-0.3, -0.25) is 4.55 Å². The molecule has 1 aromatic carbocycles. The Morgan fingerprint density at radius 3 is 1.86 bits per heavy atom. The molecule has 0 atom stereocenters. The van der Waals surface area contributed by atoms with Crippen LogP contribution in [0.1, 0.15) is 17.5 Å². The minimum absolute atomic E-state index is 0.715. The first kappa shape index (κ1) is 11.2. The van der Waals surface area contributed by atoms with Gasteiger partial charge in [0.1, 0.15) is 0 Å². The van der Waals surface area contributed by atoms with E-state index in [1.165, 1.54) is 19.3 Å². The van der Waals surface area contributed by atoms with Crippen molar-refractivity contribution < 1.29 is 13.0 Å². The molecule has 0 spiro atoms. The lowest BCUT2D eigenvalue weighted by Crippen LogP contribution is -1.88. The standard InChI is InChI=1S/C9H10.CH4O3S/c1-2-5-9-7-3-6-8(9)4-1;1-5(2,3)4/h1-2,4-5H,3,6-7H2;1H3,(H,2,3,4). The fraction of sp³-hybridized carbons (Fsp3) is 0.400. The van der Waals surface area contributed by atoms with Crippen LogP contribution in [0, 0.1) is 0 Å². The van der Waals surface area contributed by atoms with E-state index >= 15 is 0 Å². The maximum absolute atomic E-state index is 9.19. The third kappa shape index (κ3) is 4.39. The van der Waals surface area contributed by atoms with Crippen LogP contribution in [0.4, 0.5) is 0 Å². The van der Waals surface area contributed by atoms with Crippen LogP contribution in [0.3, 0.4) is 0 Å². The van der Waals surface area contributed by atoms with Gasteiger partial charge in [-0.2, -0.15) is 8.42 Å². The summed E-state index contributed by atoms with van der Waals surface area (Å²) < 4.78 is 25.9. The van der Waals surface area contributed by atoms with Crippen molar-refractivity contribution in [3.05, 3.63) is 35.4 Å². The first-order chi connectivity index (χ1) is 6.47. The highest BCUT2D eigenvalue weighted by Gasteiger charge is 2.07. The van der Waals surface area contributed by atoms with Crippen molar-refractivity contribution in [2.45, 2.75) is 19.3 Å². The van der Waals surface area contributed by atoms with Crippen LogP contribution in [0.15, 0.2) is 24.3 Å². The van der Waals surface area contributed by atoms with Crippen LogP contribution in [0.25, 0.3) is 0 Å². The normalized spacial score (nSPS) is 14.1. The van der Waals surface area contributed by atoms with Gasteiger partial charge in [0, 0.05) is 0 Å². The molecule has 0 heterocycles. The minimum Gasteiger partial charge on any atom is -0.286 e. The Balaban J connectivity index is 0.000000171. The van der Waals surface area contributed by atoms with E-state index in [0.717, 1.165) is 0 Å². The molecule has 0 saturated carbocycles. The van der Waals surface area contributed by atoms with E-state index in [0.29, 0.717) is 6.26 Å². The smallest absolute Gasteiger partial charge is 0.261 e. The molecule has 0 amide bonds. The quantitative estimate of drug-likeness (QED) is 0.668. The van der Waals surface area contributed by atoms with E-state index in [4.69, 9.17) is 4.55 Å². The highest BCUT2D eigenvalue weighted by molar-refractivity contribution is 7.85. The molecule has 0 aromatic heterocycles. The lowest BCUT2D eigenvalue weighted by molar-refractivity contribution is 0.490. The minimum atomic E-state index is -3.67. The SMILES string of the molecule is CS(=O)(=O)O.c1ccc2c(c1)CCC2. The molecule has 3 nitrogen and oxygen atoms in total. The molecule has 2 rings (SSSR count). The summed E-state index contributed by atoms with van der Waals surface area (Å²) in [5, 5.41) is 0. The summed E-state index contributed by atoms with van der Waals surface area (Å²) in [4.78, 5) is 0. The Hall–Kier alpha value is -0.870. The molecule has 1 aliphatic rings. The average Bonchev–Trinajstić information content (AvgIpc) is 2.47. The molecular formula is C10H14O3S. The Morgan fingerprint density at radius 1 is 1.14 bits per heavy atom. The third-order valence-corrected chi connectivity index (χ3v) is 2.01. The van der Waals surface area contributed by atoms with Crippen LogP contribution in [0.5, 0.6) is 0 Å². The highest BCUT2D eigenvalue weighted by Crippen LogP contribution is 2.20. The molecule has 0 aliphatic heterocycles. The van der Waals surface area contributed by atoms with Gasteiger partial charge in [0.05, 0.1) is 6.26 Å². The predicted molar refractivity (Wildman–Crippen MR) is 55.9 cm³/mol. The zero-order valence-electron chi connectivity index (χ0n) is 8.10. The molecule has 0 fully saturated rings. The van der Waals surface area contributed by atoms with Crippen molar-refractivity contribution in [1.29, 1.82) is 0 Å². The number of fused-ring (bicyclic) bond motifs is 1. The van der Waals surface area contributed by atoms with Gasteiger partial charge in [-0.1, -0.05) is 24.3 Å².